The summed E-state index contributed by atoms with van der Waals surface area (Å²) in [7, 11) is 0. The molecule has 0 aromatic heterocycles. The number of ether oxygens (including phenoxy) is 7. The van der Waals surface area contributed by atoms with Gasteiger partial charge in [0.15, 0.2) is 25.2 Å². The zero-order valence-electron chi connectivity index (χ0n) is 21.3. The zero-order chi connectivity index (χ0) is 29.5. The molecule has 40 heavy (non-hydrogen) atoms. The van der Waals surface area contributed by atoms with Gasteiger partial charge in [0.1, 0.15) is 79.4 Å². The van der Waals surface area contributed by atoms with Crippen LogP contribution in [0.25, 0.3) is 0 Å². The zero-order valence-corrected chi connectivity index (χ0v) is 21.3. The molecule has 0 amide bonds. The van der Waals surface area contributed by atoms with Gasteiger partial charge in [0.05, 0.1) is 25.9 Å². The van der Waals surface area contributed by atoms with Crippen LogP contribution in [0.4, 0.5) is 0 Å². The van der Waals surface area contributed by atoms with E-state index in [4.69, 9.17) is 33.2 Å². The normalized spacial score (nSPS) is 54.3. The van der Waals surface area contributed by atoms with E-state index in [1.165, 1.54) is 6.92 Å². The van der Waals surface area contributed by atoms with Crippen molar-refractivity contribution in [2.75, 3.05) is 19.8 Å². The van der Waals surface area contributed by atoms with Gasteiger partial charge in [0.25, 0.3) is 0 Å². The van der Waals surface area contributed by atoms with E-state index in [9.17, 15) is 56.2 Å². The average Bonchev–Trinajstić information content (AvgIpc) is 2.93. The van der Waals surface area contributed by atoms with Gasteiger partial charge in [-0.15, -0.1) is 0 Å². The van der Waals surface area contributed by atoms with E-state index in [1.807, 2.05) is 0 Å². The Balaban J connectivity index is 1.53. The first kappa shape index (κ1) is 32.2. The van der Waals surface area contributed by atoms with Crippen LogP contribution in [0.15, 0.2) is 0 Å². The van der Waals surface area contributed by atoms with Gasteiger partial charge < -0.3 is 89.3 Å². The smallest absolute Gasteiger partial charge is 0.187 e. The molecule has 0 aromatic rings. The largest absolute Gasteiger partial charge is 0.394 e. The van der Waals surface area contributed by atoms with Crippen LogP contribution >= 0.6 is 0 Å². The topological polar surface area (TPSA) is 287 Å². The maximum absolute atomic E-state index is 10.7. The van der Waals surface area contributed by atoms with E-state index in [1.54, 1.807) is 0 Å². The first-order chi connectivity index (χ1) is 18.8. The van der Waals surface area contributed by atoms with Crippen molar-refractivity contribution in [1.82, 2.24) is 0 Å². The molecular weight excluding hydrogens is 552 g/mol. The Morgan fingerprint density at radius 3 is 1.57 bits per heavy atom. The Bertz CT molecular complexity index is 806. The number of rotatable bonds is 7. The third kappa shape index (κ3) is 6.44. The van der Waals surface area contributed by atoms with E-state index in [0.29, 0.717) is 0 Å². The van der Waals surface area contributed by atoms with Crippen molar-refractivity contribution >= 4 is 0 Å². The molecule has 11 N–H and O–H groups in total. The Labute approximate surface area is 227 Å². The molecular formula is C22H38O18. The molecule has 4 heterocycles. The summed E-state index contributed by atoms with van der Waals surface area (Å²) >= 11 is 0. The van der Waals surface area contributed by atoms with Crippen molar-refractivity contribution < 1.29 is 89.3 Å². The van der Waals surface area contributed by atoms with Gasteiger partial charge in [-0.05, 0) is 6.92 Å². The van der Waals surface area contributed by atoms with Gasteiger partial charge in [-0.2, -0.15) is 0 Å². The lowest BCUT2D eigenvalue weighted by Gasteiger charge is -2.47. The van der Waals surface area contributed by atoms with E-state index >= 15 is 0 Å². The minimum atomic E-state index is -1.83. The Hall–Kier alpha value is -0.720. The van der Waals surface area contributed by atoms with E-state index in [2.05, 4.69) is 0 Å². The SMILES string of the molecule is C[C@@H]1O[C@@H](O[C@H]2[C@H](O[C@H]3[C@H](O[C@H]4[C@H](O)[C@@H](O)[C@H](O)O[C@@H]4CO)OC[C@H](O)[C@@H]3O)OC[C@H](O)[C@@H]2O)[C@H](O)[C@H](O)[C@H]1O. The fourth-order valence-corrected chi connectivity index (χ4v) is 4.88. The summed E-state index contributed by atoms with van der Waals surface area (Å²) in [5.41, 5.74) is 0. The van der Waals surface area contributed by atoms with Crippen LogP contribution in [-0.2, 0) is 33.2 Å². The van der Waals surface area contributed by atoms with Crippen molar-refractivity contribution in [3.05, 3.63) is 0 Å². The summed E-state index contributed by atoms with van der Waals surface area (Å²) in [5, 5.41) is 112. The Kier molecular flexibility index (Phi) is 10.7. The van der Waals surface area contributed by atoms with Gasteiger partial charge in [0.2, 0.25) is 0 Å². The minimum absolute atomic E-state index is 0.475. The van der Waals surface area contributed by atoms with Crippen molar-refractivity contribution in [3.63, 3.8) is 0 Å². The van der Waals surface area contributed by atoms with Crippen LogP contribution in [0.2, 0.25) is 0 Å². The van der Waals surface area contributed by atoms with Crippen molar-refractivity contribution in [1.29, 1.82) is 0 Å². The molecule has 4 fully saturated rings. The van der Waals surface area contributed by atoms with E-state index in [-0.39, 0.29) is 0 Å². The van der Waals surface area contributed by atoms with Crippen LogP contribution in [0.5, 0.6) is 0 Å². The van der Waals surface area contributed by atoms with Gasteiger partial charge in [0, 0.05) is 0 Å². The van der Waals surface area contributed by atoms with Crippen LogP contribution in [0, 0.1) is 0 Å². The lowest BCUT2D eigenvalue weighted by atomic mass is 9.98. The molecule has 0 saturated carbocycles. The minimum Gasteiger partial charge on any atom is -0.394 e. The van der Waals surface area contributed by atoms with Gasteiger partial charge in [-0.3, -0.25) is 0 Å². The Morgan fingerprint density at radius 1 is 0.550 bits per heavy atom. The molecule has 0 aromatic carbocycles. The molecule has 18 atom stereocenters. The molecule has 0 bridgehead atoms. The van der Waals surface area contributed by atoms with E-state index < -0.39 is 130 Å². The molecule has 4 saturated heterocycles. The highest BCUT2D eigenvalue weighted by atomic mass is 16.8. The van der Waals surface area contributed by atoms with Gasteiger partial charge >= 0.3 is 0 Å². The van der Waals surface area contributed by atoms with Gasteiger partial charge in [-0.1, -0.05) is 0 Å². The lowest BCUT2D eigenvalue weighted by Crippen LogP contribution is -2.65. The number of hydrogen-bond donors (Lipinski definition) is 11. The number of aliphatic hydroxyl groups excluding tert-OH is 11. The molecule has 234 valence electrons. The van der Waals surface area contributed by atoms with Crippen LogP contribution in [-0.4, -0.2) is 187 Å². The van der Waals surface area contributed by atoms with Gasteiger partial charge in [-0.25, -0.2) is 0 Å². The summed E-state index contributed by atoms with van der Waals surface area (Å²) in [6.45, 7) is -0.327. The number of hydrogen-bond acceptors (Lipinski definition) is 18. The fraction of sp³-hybridized carbons (Fsp3) is 1.00. The molecule has 0 radical (unpaired) electrons. The number of aliphatic hydroxyl groups is 11. The maximum Gasteiger partial charge on any atom is 0.187 e. The third-order valence-corrected chi connectivity index (χ3v) is 7.38. The predicted octanol–water partition coefficient (Wildman–Crippen LogP) is -7.44. The molecule has 4 aliphatic rings. The van der Waals surface area contributed by atoms with Crippen LogP contribution in [0.1, 0.15) is 6.92 Å². The maximum atomic E-state index is 10.7. The van der Waals surface area contributed by atoms with Crippen molar-refractivity contribution in [2.24, 2.45) is 0 Å². The lowest BCUT2D eigenvalue weighted by molar-refractivity contribution is -0.387. The second-order valence-corrected chi connectivity index (χ2v) is 10.2. The summed E-state index contributed by atoms with van der Waals surface area (Å²) in [4.78, 5) is 0. The second kappa shape index (κ2) is 13.3. The quantitative estimate of drug-likeness (QED) is 0.131. The average molecular weight is 591 g/mol. The highest BCUT2D eigenvalue weighted by Gasteiger charge is 2.52. The molecule has 0 unspecified atom stereocenters. The fourth-order valence-electron chi connectivity index (χ4n) is 4.88. The highest BCUT2D eigenvalue weighted by molar-refractivity contribution is 4.94. The predicted molar refractivity (Wildman–Crippen MR) is 120 cm³/mol. The first-order valence-electron chi connectivity index (χ1n) is 12.8. The van der Waals surface area contributed by atoms with Crippen LogP contribution in [0.3, 0.4) is 0 Å². The second-order valence-electron chi connectivity index (χ2n) is 10.2. The van der Waals surface area contributed by atoms with Crippen LogP contribution < -0.4 is 0 Å². The molecule has 0 aliphatic carbocycles. The molecule has 4 rings (SSSR count). The molecule has 0 spiro atoms. The molecule has 18 heteroatoms. The summed E-state index contributed by atoms with van der Waals surface area (Å²) in [6, 6.07) is 0. The highest BCUT2D eigenvalue weighted by Crippen LogP contribution is 2.32. The van der Waals surface area contributed by atoms with Crippen molar-refractivity contribution in [2.45, 2.75) is 118 Å². The molecule has 18 nitrogen and oxygen atoms in total. The first-order valence-corrected chi connectivity index (χ1v) is 12.8. The molecule has 4 aliphatic heterocycles. The third-order valence-electron chi connectivity index (χ3n) is 7.38. The summed E-state index contributed by atoms with van der Waals surface area (Å²) in [5.74, 6) is 0. The summed E-state index contributed by atoms with van der Waals surface area (Å²) < 4.78 is 38.4. The Morgan fingerprint density at radius 2 is 1.05 bits per heavy atom. The standard InChI is InChI=1S/C22H38O18/c1-5-9(26)12(29)15(32)20(36-5)39-17-10(27)6(24)4-35-22(17)40-18-11(28)7(25)3-34-21(18)38-16-8(2-23)37-19(33)14(31)13(16)30/h5-33H,2-4H2,1H3/t5-,6-,7-,8+,9-,10-,11-,12+,13+,14+,15+,16+,17+,18+,19+,20-,21-,22-/m0/s1. The van der Waals surface area contributed by atoms with E-state index in [0.717, 1.165) is 0 Å². The summed E-state index contributed by atoms with van der Waals surface area (Å²) in [6.07, 6.45) is -28.9. The van der Waals surface area contributed by atoms with Crippen molar-refractivity contribution in [3.8, 4) is 0 Å². The monoisotopic (exact) mass is 590 g/mol.